The van der Waals surface area contributed by atoms with Gasteiger partial charge in [-0.15, -0.1) is 0 Å². The SMILES string of the molecule is O=C(CSc1[nH]c2ccccc2[n+]1Cc1ccccc1)Nc1cc(Cl)ccc1N1CCCCC1. The number of imidazole rings is 1. The van der Waals surface area contributed by atoms with Crippen LogP contribution in [0.25, 0.3) is 11.0 Å². The number of thioether (sulfide) groups is 1. The fourth-order valence-electron chi connectivity index (χ4n) is 4.48. The molecule has 1 amide bonds. The van der Waals surface area contributed by atoms with E-state index in [9.17, 15) is 4.79 Å². The summed E-state index contributed by atoms with van der Waals surface area (Å²) in [6.07, 6.45) is 3.61. The third-order valence-electron chi connectivity index (χ3n) is 6.13. The minimum atomic E-state index is -0.0459. The zero-order valence-corrected chi connectivity index (χ0v) is 20.5. The Bertz CT molecular complexity index is 1280. The molecule has 0 atom stereocenters. The Kier molecular flexibility index (Phi) is 7.07. The molecule has 1 aliphatic heterocycles. The van der Waals surface area contributed by atoms with Gasteiger partial charge in [0.2, 0.25) is 5.91 Å². The lowest BCUT2D eigenvalue weighted by atomic mass is 10.1. The van der Waals surface area contributed by atoms with Crippen LogP contribution in [-0.4, -0.2) is 29.7 Å². The van der Waals surface area contributed by atoms with E-state index in [1.165, 1.54) is 36.6 Å². The van der Waals surface area contributed by atoms with Crippen LogP contribution in [0.4, 0.5) is 11.4 Å². The quantitative estimate of drug-likeness (QED) is 0.251. The molecule has 0 spiro atoms. The summed E-state index contributed by atoms with van der Waals surface area (Å²) in [6.45, 7) is 2.75. The summed E-state index contributed by atoms with van der Waals surface area (Å²) in [6, 6.07) is 24.4. The third-order valence-corrected chi connectivity index (χ3v) is 7.37. The average Bonchev–Trinajstić information content (AvgIpc) is 3.21. The van der Waals surface area contributed by atoms with Crippen LogP contribution in [0.1, 0.15) is 24.8 Å². The number of hydrogen-bond acceptors (Lipinski definition) is 3. The van der Waals surface area contributed by atoms with Crippen molar-refractivity contribution in [2.75, 3.05) is 29.1 Å². The molecule has 7 heteroatoms. The Labute approximate surface area is 209 Å². The molecular weight excluding hydrogens is 464 g/mol. The number of H-pyrrole nitrogens is 1. The Morgan fingerprint density at radius 3 is 2.59 bits per heavy atom. The molecule has 4 aromatic rings. The molecule has 0 bridgehead atoms. The van der Waals surface area contributed by atoms with Gasteiger partial charge in [0.25, 0.3) is 0 Å². The third kappa shape index (κ3) is 5.24. The maximum absolute atomic E-state index is 13.0. The first-order chi connectivity index (χ1) is 16.7. The summed E-state index contributed by atoms with van der Waals surface area (Å²) in [5, 5.41) is 4.70. The van der Waals surface area contributed by atoms with Crippen LogP contribution >= 0.6 is 23.4 Å². The number of aromatic amines is 1. The number of nitrogens with zero attached hydrogens (tertiary/aromatic N) is 2. The molecule has 34 heavy (non-hydrogen) atoms. The Hall–Kier alpha value is -2.96. The number of carbonyl (C=O) groups excluding carboxylic acids is 1. The van der Waals surface area contributed by atoms with Crippen molar-refractivity contribution < 1.29 is 9.36 Å². The molecule has 0 unspecified atom stereocenters. The lowest BCUT2D eigenvalue weighted by Crippen LogP contribution is -2.36. The molecule has 2 heterocycles. The average molecular weight is 492 g/mol. The molecule has 5 rings (SSSR count). The van der Waals surface area contributed by atoms with Crippen LogP contribution in [0.2, 0.25) is 5.02 Å². The van der Waals surface area contributed by atoms with Crippen LogP contribution in [0, 0.1) is 0 Å². The molecule has 2 N–H and O–H groups in total. The van der Waals surface area contributed by atoms with E-state index in [1.807, 2.05) is 36.4 Å². The summed E-state index contributed by atoms with van der Waals surface area (Å²) in [5.41, 5.74) is 5.23. The zero-order valence-electron chi connectivity index (χ0n) is 19.0. The zero-order chi connectivity index (χ0) is 23.3. The minimum Gasteiger partial charge on any atom is -0.370 e. The van der Waals surface area contributed by atoms with Gasteiger partial charge in [-0.1, -0.05) is 54.1 Å². The summed E-state index contributed by atoms with van der Waals surface area (Å²) >= 11 is 7.79. The van der Waals surface area contributed by atoms with E-state index in [0.29, 0.717) is 10.8 Å². The van der Waals surface area contributed by atoms with Crippen LogP contribution in [0.15, 0.2) is 78.0 Å². The van der Waals surface area contributed by atoms with E-state index in [0.717, 1.165) is 47.2 Å². The van der Waals surface area contributed by atoms with Gasteiger partial charge in [0.15, 0.2) is 11.0 Å². The standard InChI is InChI=1S/C27H27ClN4OS/c28-21-13-14-24(31-15-7-2-8-16-31)23(17-21)29-26(33)19-34-27-30-22-11-5-6-12-25(22)32(27)18-20-9-3-1-4-10-20/h1,3-6,9-14,17H,2,7-8,15-16,18-19H2,(H,29,33)/p+1. The van der Waals surface area contributed by atoms with E-state index in [2.05, 4.69) is 56.2 Å². The van der Waals surface area contributed by atoms with Crippen LogP contribution in [-0.2, 0) is 11.3 Å². The maximum Gasteiger partial charge on any atom is 0.317 e. The van der Waals surface area contributed by atoms with Gasteiger partial charge in [-0.3, -0.25) is 4.79 Å². The van der Waals surface area contributed by atoms with Crippen LogP contribution < -0.4 is 14.8 Å². The lowest BCUT2D eigenvalue weighted by molar-refractivity contribution is -0.700. The van der Waals surface area contributed by atoms with Crippen molar-refractivity contribution >= 4 is 51.7 Å². The Morgan fingerprint density at radius 2 is 1.76 bits per heavy atom. The molecule has 0 aliphatic carbocycles. The van der Waals surface area contributed by atoms with Crippen LogP contribution in [0.3, 0.4) is 0 Å². The van der Waals surface area contributed by atoms with Gasteiger partial charge < -0.3 is 10.2 Å². The number of fused-ring (bicyclic) bond motifs is 1. The van der Waals surface area contributed by atoms with Crippen molar-refractivity contribution in [2.45, 2.75) is 31.0 Å². The molecule has 3 aromatic carbocycles. The van der Waals surface area contributed by atoms with Gasteiger partial charge in [-0.05, 0) is 66.9 Å². The number of carbonyl (C=O) groups is 1. The second kappa shape index (κ2) is 10.5. The van der Waals surface area contributed by atoms with Gasteiger partial charge in [-0.25, -0.2) is 9.55 Å². The number of hydrogen-bond donors (Lipinski definition) is 2. The molecular formula is C27H28ClN4OS+. The predicted octanol–water partition coefficient (Wildman–Crippen LogP) is 5.88. The number of nitrogens with one attached hydrogen (secondary N) is 2. The number of para-hydroxylation sites is 2. The van der Waals surface area contributed by atoms with E-state index in [-0.39, 0.29) is 5.91 Å². The molecule has 174 valence electrons. The van der Waals surface area contributed by atoms with Gasteiger partial charge >= 0.3 is 5.16 Å². The Balaban J connectivity index is 1.33. The topological polar surface area (TPSA) is 52.0 Å². The molecule has 1 aliphatic rings. The summed E-state index contributed by atoms with van der Waals surface area (Å²) < 4.78 is 2.24. The summed E-state index contributed by atoms with van der Waals surface area (Å²) in [7, 11) is 0. The number of rotatable bonds is 7. The van der Waals surface area contributed by atoms with E-state index in [4.69, 9.17) is 11.6 Å². The van der Waals surface area contributed by atoms with E-state index < -0.39 is 0 Å². The number of piperidine rings is 1. The number of amides is 1. The normalized spacial score (nSPS) is 13.9. The smallest absolute Gasteiger partial charge is 0.317 e. The molecule has 1 saturated heterocycles. The van der Waals surface area contributed by atoms with E-state index >= 15 is 0 Å². The minimum absolute atomic E-state index is 0.0459. The highest BCUT2D eigenvalue weighted by Gasteiger charge is 2.21. The van der Waals surface area contributed by atoms with Crippen LogP contribution in [0.5, 0.6) is 0 Å². The number of benzene rings is 3. The van der Waals surface area contributed by atoms with Crippen molar-refractivity contribution in [1.29, 1.82) is 0 Å². The molecule has 0 saturated carbocycles. The van der Waals surface area contributed by atoms with Gasteiger partial charge in [0, 0.05) is 18.1 Å². The van der Waals surface area contributed by atoms with E-state index in [1.54, 1.807) is 0 Å². The number of anilines is 2. The monoisotopic (exact) mass is 491 g/mol. The van der Waals surface area contributed by atoms with Crippen molar-refractivity contribution in [3.05, 3.63) is 83.4 Å². The number of halogens is 1. The van der Waals surface area contributed by atoms with Gasteiger partial charge in [0.05, 0.1) is 17.1 Å². The van der Waals surface area contributed by atoms with Crippen molar-refractivity contribution in [3.63, 3.8) is 0 Å². The number of aromatic nitrogens is 2. The fourth-order valence-corrected chi connectivity index (χ4v) is 5.50. The highest BCUT2D eigenvalue weighted by atomic mass is 35.5. The Morgan fingerprint density at radius 1 is 1.00 bits per heavy atom. The van der Waals surface area contributed by atoms with Gasteiger partial charge in [0.1, 0.15) is 6.54 Å². The van der Waals surface area contributed by atoms with Crippen molar-refractivity contribution in [2.24, 2.45) is 0 Å². The molecule has 1 fully saturated rings. The second-order valence-electron chi connectivity index (χ2n) is 8.57. The fraction of sp³-hybridized carbons (Fsp3) is 0.259. The first-order valence-electron chi connectivity index (χ1n) is 11.7. The van der Waals surface area contributed by atoms with Crippen molar-refractivity contribution in [1.82, 2.24) is 4.98 Å². The second-order valence-corrected chi connectivity index (χ2v) is 9.97. The first kappa shape index (κ1) is 22.8. The molecule has 1 aromatic heterocycles. The maximum atomic E-state index is 13.0. The predicted molar refractivity (Wildman–Crippen MR) is 141 cm³/mol. The van der Waals surface area contributed by atoms with Crippen molar-refractivity contribution in [3.8, 4) is 0 Å². The first-order valence-corrected chi connectivity index (χ1v) is 13.1. The lowest BCUT2D eigenvalue weighted by Gasteiger charge is -2.30. The summed E-state index contributed by atoms with van der Waals surface area (Å²) in [4.78, 5) is 18.8. The molecule has 5 nitrogen and oxygen atoms in total. The summed E-state index contributed by atoms with van der Waals surface area (Å²) in [5.74, 6) is 0.253. The molecule has 0 radical (unpaired) electrons. The van der Waals surface area contributed by atoms with Gasteiger partial charge in [-0.2, -0.15) is 0 Å². The highest BCUT2D eigenvalue weighted by Crippen LogP contribution is 2.31. The highest BCUT2D eigenvalue weighted by molar-refractivity contribution is 7.99. The largest absolute Gasteiger partial charge is 0.370 e.